The maximum absolute atomic E-state index is 8.54. The number of aliphatic hydroxyl groups excluding tert-OH is 4. The molecule has 3 rings (SSSR count). The van der Waals surface area contributed by atoms with E-state index in [1.54, 1.807) is 0 Å². The number of benzene rings is 3. The fourth-order valence-corrected chi connectivity index (χ4v) is 1.75. The minimum atomic E-state index is 0. The van der Waals surface area contributed by atoms with Crippen molar-refractivity contribution in [2.75, 3.05) is 6.61 Å². The second-order valence-corrected chi connectivity index (χ2v) is 5.65. The van der Waals surface area contributed by atoms with Crippen LogP contribution in [-0.2, 0) is 46.0 Å². The second-order valence-electron chi connectivity index (χ2n) is 5.65. The Hall–Kier alpha value is -1.62. The van der Waals surface area contributed by atoms with Gasteiger partial charge in [-0.15, -0.1) is 0 Å². The van der Waals surface area contributed by atoms with E-state index in [9.17, 15) is 0 Å². The van der Waals surface area contributed by atoms with Crippen molar-refractivity contribution in [1.29, 1.82) is 0 Å². The third-order valence-corrected chi connectivity index (χ3v) is 3.30. The minimum Gasteiger partial charge on any atom is -0.396 e. The Kier molecular flexibility index (Phi) is 23.1. The molecule has 0 spiro atoms. The average molecular weight is 476 g/mol. The molecule has 0 aliphatic carbocycles. The van der Waals surface area contributed by atoms with Crippen molar-refractivity contribution < 1.29 is 46.6 Å². The zero-order valence-corrected chi connectivity index (χ0v) is 19.4. The van der Waals surface area contributed by atoms with Gasteiger partial charge >= 0.3 is 0 Å². The van der Waals surface area contributed by atoms with Gasteiger partial charge in [-0.05, 0) is 23.1 Å². The molecule has 0 aliphatic heterocycles. The van der Waals surface area contributed by atoms with E-state index in [0.717, 1.165) is 23.1 Å². The van der Waals surface area contributed by atoms with Crippen LogP contribution in [0.25, 0.3) is 0 Å². The summed E-state index contributed by atoms with van der Waals surface area (Å²) < 4.78 is 0. The standard InChI is InChI=1S/3C7H8O.C3H8O.Zr/c3*8-6-7-4-2-1-3-5-7;1-2-3-4;/h3*1-5,8H,6H2;4H,2-3H2,1H3;. The van der Waals surface area contributed by atoms with Crippen molar-refractivity contribution in [2.24, 2.45) is 0 Å². The normalized spacial score (nSPS) is 8.59. The molecule has 0 aromatic heterocycles. The zero-order valence-electron chi connectivity index (χ0n) is 17.0. The molecule has 0 atom stereocenters. The fraction of sp³-hybridized carbons (Fsp3) is 0.250. The van der Waals surface area contributed by atoms with Gasteiger partial charge in [0.2, 0.25) is 0 Å². The fourth-order valence-electron chi connectivity index (χ4n) is 1.75. The van der Waals surface area contributed by atoms with Crippen molar-refractivity contribution in [3.05, 3.63) is 108 Å². The molecule has 29 heavy (non-hydrogen) atoms. The van der Waals surface area contributed by atoms with Crippen molar-refractivity contribution in [3.8, 4) is 0 Å². The molecule has 156 valence electrons. The molecule has 0 amide bonds. The van der Waals surface area contributed by atoms with Crippen LogP contribution in [0.5, 0.6) is 0 Å². The molecule has 0 aliphatic rings. The Morgan fingerprint density at radius 2 is 0.690 bits per heavy atom. The van der Waals surface area contributed by atoms with Crippen LogP contribution in [0.4, 0.5) is 0 Å². The number of hydrogen-bond acceptors (Lipinski definition) is 4. The monoisotopic (exact) mass is 474 g/mol. The second kappa shape index (κ2) is 22.7. The molecular weight excluding hydrogens is 443 g/mol. The van der Waals surface area contributed by atoms with Crippen molar-refractivity contribution in [2.45, 2.75) is 33.2 Å². The molecule has 0 heterocycles. The van der Waals surface area contributed by atoms with Crippen LogP contribution in [0.1, 0.15) is 30.0 Å². The molecular formula is C24H32O4Zr. The first-order valence-corrected chi connectivity index (χ1v) is 9.26. The molecule has 0 radical (unpaired) electrons. The first-order chi connectivity index (χ1) is 13.7. The SMILES string of the molecule is CCCO.OCc1ccccc1.OCc1ccccc1.OCc1ccccc1.[Zr]. The third kappa shape index (κ3) is 18.2. The summed E-state index contributed by atoms with van der Waals surface area (Å²) in [5.41, 5.74) is 2.90. The van der Waals surface area contributed by atoms with Gasteiger partial charge < -0.3 is 20.4 Å². The molecule has 4 nitrogen and oxygen atoms in total. The topological polar surface area (TPSA) is 80.9 Å². The van der Waals surface area contributed by atoms with Gasteiger partial charge in [0.1, 0.15) is 0 Å². The summed E-state index contributed by atoms with van der Waals surface area (Å²) in [6.07, 6.45) is 0.875. The molecule has 0 unspecified atom stereocenters. The van der Waals surface area contributed by atoms with Crippen LogP contribution in [0, 0.1) is 0 Å². The molecule has 0 saturated carbocycles. The molecule has 5 heteroatoms. The van der Waals surface area contributed by atoms with Gasteiger partial charge in [0.15, 0.2) is 0 Å². The summed E-state index contributed by atoms with van der Waals surface area (Å²) in [5.74, 6) is 0. The van der Waals surface area contributed by atoms with Gasteiger partial charge in [-0.25, -0.2) is 0 Å². The molecule has 3 aromatic rings. The molecule has 4 N–H and O–H groups in total. The van der Waals surface area contributed by atoms with E-state index in [1.165, 1.54) is 0 Å². The molecule has 3 aromatic carbocycles. The predicted molar refractivity (Wildman–Crippen MR) is 114 cm³/mol. The zero-order chi connectivity index (χ0) is 20.9. The number of aliphatic hydroxyl groups is 4. The predicted octanol–water partition coefficient (Wildman–Crippen LogP) is 3.92. The van der Waals surface area contributed by atoms with Crippen molar-refractivity contribution >= 4 is 0 Å². The third-order valence-electron chi connectivity index (χ3n) is 3.30. The summed E-state index contributed by atoms with van der Waals surface area (Å²) in [6.45, 7) is 2.67. The Bertz CT molecular complexity index is 568. The largest absolute Gasteiger partial charge is 0.396 e. The first-order valence-electron chi connectivity index (χ1n) is 9.26. The van der Waals surface area contributed by atoms with Crippen molar-refractivity contribution in [3.63, 3.8) is 0 Å². The number of rotatable bonds is 4. The molecule has 0 fully saturated rings. The van der Waals surface area contributed by atoms with E-state index >= 15 is 0 Å². The average Bonchev–Trinajstić information content (AvgIpc) is 2.81. The van der Waals surface area contributed by atoms with E-state index in [1.807, 2.05) is 97.9 Å². The van der Waals surface area contributed by atoms with Crippen LogP contribution in [0.15, 0.2) is 91.0 Å². The molecule has 0 bridgehead atoms. The van der Waals surface area contributed by atoms with Gasteiger partial charge in [-0.3, -0.25) is 0 Å². The maximum Gasteiger partial charge on any atom is 0.0681 e. The summed E-state index contributed by atoms with van der Waals surface area (Å²) in [6, 6.07) is 28.6. The van der Waals surface area contributed by atoms with Crippen LogP contribution in [0.3, 0.4) is 0 Å². The molecule has 0 saturated heterocycles. The Labute approximate surface area is 193 Å². The van der Waals surface area contributed by atoms with Crippen LogP contribution in [0.2, 0.25) is 0 Å². The van der Waals surface area contributed by atoms with E-state index in [0.29, 0.717) is 6.61 Å². The number of hydrogen-bond donors (Lipinski definition) is 4. The summed E-state index contributed by atoms with van der Waals surface area (Å²) in [5, 5.41) is 33.5. The van der Waals surface area contributed by atoms with Gasteiger partial charge in [0, 0.05) is 32.8 Å². The maximum atomic E-state index is 8.54. The van der Waals surface area contributed by atoms with E-state index in [2.05, 4.69) is 0 Å². The smallest absolute Gasteiger partial charge is 0.0681 e. The van der Waals surface area contributed by atoms with Crippen LogP contribution in [-0.4, -0.2) is 27.0 Å². The summed E-state index contributed by atoms with van der Waals surface area (Å²) in [7, 11) is 0. The minimum absolute atomic E-state index is 0. The van der Waals surface area contributed by atoms with Gasteiger partial charge in [-0.1, -0.05) is 97.9 Å². The summed E-state index contributed by atoms with van der Waals surface area (Å²) >= 11 is 0. The van der Waals surface area contributed by atoms with E-state index in [4.69, 9.17) is 20.4 Å². The van der Waals surface area contributed by atoms with Gasteiger partial charge in [0.05, 0.1) is 19.8 Å². The van der Waals surface area contributed by atoms with E-state index < -0.39 is 0 Å². The van der Waals surface area contributed by atoms with Crippen molar-refractivity contribution in [1.82, 2.24) is 0 Å². The Morgan fingerprint density at radius 1 is 0.483 bits per heavy atom. The van der Waals surface area contributed by atoms with Crippen LogP contribution < -0.4 is 0 Å². The van der Waals surface area contributed by atoms with Gasteiger partial charge in [0.25, 0.3) is 0 Å². The first kappa shape index (κ1) is 29.6. The Morgan fingerprint density at radius 3 is 0.793 bits per heavy atom. The van der Waals surface area contributed by atoms with E-state index in [-0.39, 0.29) is 46.0 Å². The Balaban J connectivity index is 0. The quantitative estimate of drug-likeness (QED) is 0.461. The van der Waals surface area contributed by atoms with Gasteiger partial charge in [-0.2, -0.15) is 0 Å². The summed E-state index contributed by atoms with van der Waals surface area (Å²) in [4.78, 5) is 0. The van der Waals surface area contributed by atoms with Crippen LogP contribution >= 0.6 is 0 Å².